The standard InChI is InChI=1S/C48H29N3O/c1-2-10-33(11-3-1)47-37-13-4-7-15-41(37)49-48(50-47)51-42-16-8-5-14-38(42)46-39-28-34(23-22-32(39)24-26-43(46)51)30-18-20-31(21-19-30)35-25-27-45-40(29-35)36-12-6-9-17-44(36)52-45/h1-29H. The van der Waals surface area contributed by atoms with E-state index in [4.69, 9.17) is 14.4 Å². The summed E-state index contributed by atoms with van der Waals surface area (Å²) in [4.78, 5) is 10.4. The number of aromatic nitrogens is 3. The molecule has 52 heavy (non-hydrogen) atoms. The lowest BCUT2D eigenvalue weighted by Crippen LogP contribution is -2.03. The van der Waals surface area contributed by atoms with Gasteiger partial charge in [-0.3, -0.25) is 4.57 Å². The van der Waals surface area contributed by atoms with Crippen LogP contribution < -0.4 is 0 Å². The highest BCUT2D eigenvalue weighted by Crippen LogP contribution is 2.39. The summed E-state index contributed by atoms with van der Waals surface area (Å²) in [5.41, 5.74) is 11.6. The molecule has 4 heteroatoms. The molecule has 11 rings (SSSR count). The largest absolute Gasteiger partial charge is 0.456 e. The lowest BCUT2D eigenvalue weighted by Gasteiger charge is -2.12. The molecule has 0 spiro atoms. The number of nitrogens with zero attached hydrogens (tertiary/aromatic N) is 3. The normalized spacial score (nSPS) is 11.8. The number of rotatable bonds is 4. The van der Waals surface area contributed by atoms with E-state index < -0.39 is 0 Å². The third-order valence-electron chi connectivity index (χ3n) is 10.4. The number of hydrogen-bond donors (Lipinski definition) is 0. The fourth-order valence-electron chi connectivity index (χ4n) is 7.92. The zero-order valence-electron chi connectivity index (χ0n) is 28.0. The van der Waals surface area contributed by atoms with E-state index in [2.05, 4.69) is 156 Å². The first-order valence-electron chi connectivity index (χ1n) is 17.6. The Kier molecular flexibility index (Phi) is 6.22. The zero-order valence-corrected chi connectivity index (χ0v) is 28.0. The van der Waals surface area contributed by atoms with Crippen LogP contribution in [0.4, 0.5) is 0 Å². The van der Waals surface area contributed by atoms with Crippen molar-refractivity contribution in [3.63, 3.8) is 0 Å². The van der Waals surface area contributed by atoms with Gasteiger partial charge in [0, 0.05) is 32.5 Å². The van der Waals surface area contributed by atoms with Gasteiger partial charge in [-0.05, 0) is 75.5 Å². The second-order valence-electron chi connectivity index (χ2n) is 13.4. The van der Waals surface area contributed by atoms with E-state index in [9.17, 15) is 0 Å². The van der Waals surface area contributed by atoms with Crippen LogP contribution in [0.5, 0.6) is 0 Å². The van der Waals surface area contributed by atoms with Gasteiger partial charge in [0.05, 0.1) is 22.2 Å². The minimum absolute atomic E-state index is 0.663. The predicted molar refractivity (Wildman–Crippen MR) is 215 cm³/mol. The van der Waals surface area contributed by atoms with Gasteiger partial charge in [0.25, 0.3) is 0 Å². The van der Waals surface area contributed by atoms with Crippen LogP contribution in [0.3, 0.4) is 0 Å². The molecule has 3 heterocycles. The van der Waals surface area contributed by atoms with Crippen LogP contribution in [0.1, 0.15) is 0 Å². The third kappa shape index (κ3) is 4.41. The number of hydrogen-bond acceptors (Lipinski definition) is 3. The van der Waals surface area contributed by atoms with E-state index in [0.29, 0.717) is 5.95 Å². The summed E-state index contributed by atoms with van der Waals surface area (Å²) >= 11 is 0. The lowest BCUT2D eigenvalue weighted by atomic mass is 9.96. The first-order valence-corrected chi connectivity index (χ1v) is 17.6. The van der Waals surface area contributed by atoms with Gasteiger partial charge in [-0.1, -0.05) is 133 Å². The van der Waals surface area contributed by atoms with Crippen molar-refractivity contribution in [2.45, 2.75) is 0 Å². The molecule has 0 aliphatic rings. The van der Waals surface area contributed by atoms with Crippen LogP contribution in [-0.2, 0) is 0 Å². The number of furan rings is 1. The van der Waals surface area contributed by atoms with Crippen LogP contribution in [0.2, 0.25) is 0 Å². The van der Waals surface area contributed by atoms with Crippen molar-refractivity contribution in [2.75, 3.05) is 0 Å². The first-order chi connectivity index (χ1) is 25.8. The first kappa shape index (κ1) is 28.8. The average molecular weight is 664 g/mol. The Labute approximate surface area is 298 Å². The number of benzene rings is 8. The highest BCUT2D eigenvalue weighted by Gasteiger charge is 2.19. The molecule has 0 bridgehead atoms. The monoisotopic (exact) mass is 663 g/mol. The highest BCUT2D eigenvalue weighted by atomic mass is 16.3. The van der Waals surface area contributed by atoms with Crippen LogP contribution >= 0.6 is 0 Å². The lowest BCUT2D eigenvalue weighted by molar-refractivity contribution is 0.669. The van der Waals surface area contributed by atoms with Gasteiger partial charge in [0.1, 0.15) is 11.2 Å². The van der Waals surface area contributed by atoms with E-state index >= 15 is 0 Å². The summed E-state index contributed by atoms with van der Waals surface area (Å²) in [5.74, 6) is 0.663. The fourth-order valence-corrected chi connectivity index (χ4v) is 7.92. The van der Waals surface area contributed by atoms with Crippen molar-refractivity contribution in [1.29, 1.82) is 0 Å². The molecule has 0 unspecified atom stereocenters. The molecule has 0 N–H and O–H groups in total. The number of fused-ring (bicyclic) bond motifs is 9. The van der Waals surface area contributed by atoms with Gasteiger partial charge in [-0.15, -0.1) is 0 Å². The number of para-hydroxylation sites is 3. The average Bonchev–Trinajstić information content (AvgIpc) is 3.76. The molecule has 0 fully saturated rings. The van der Waals surface area contributed by atoms with Gasteiger partial charge in [-0.2, -0.15) is 0 Å². The van der Waals surface area contributed by atoms with E-state index in [0.717, 1.165) is 55.1 Å². The second kappa shape index (κ2) is 11.2. The van der Waals surface area contributed by atoms with Gasteiger partial charge >= 0.3 is 0 Å². The van der Waals surface area contributed by atoms with Crippen molar-refractivity contribution in [3.8, 4) is 39.5 Å². The summed E-state index contributed by atoms with van der Waals surface area (Å²) in [6.07, 6.45) is 0. The van der Waals surface area contributed by atoms with E-state index in [1.54, 1.807) is 0 Å². The highest BCUT2D eigenvalue weighted by molar-refractivity contribution is 6.21. The summed E-state index contributed by atoms with van der Waals surface area (Å²) in [7, 11) is 0. The molecule has 3 aromatic heterocycles. The molecule has 8 aromatic carbocycles. The van der Waals surface area contributed by atoms with Gasteiger partial charge in [-0.25, -0.2) is 9.97 Å². The fraction of sp³-hybridized carbons (Fsp3) is 0. The molecular formula is C48H29N3O. The molecule has 0 saturated carbocycles. The Hall–Kier alpha value is -7.04. The SMILES string of the molecule is c1ccc(-c2nc(-n3c4ccccc4c4c5cc(-c6ccc(-c7ccc8oc9ccccc9c8c7)cc6)ccc5ccc43)nc3ccccc23)cc1. The maximum atomic E-state index is 6.07. The van der Waals surface area contributed by atoms with E-state index in [-0.39, 0.29) is 0 Å². The third-order valence-corrected chi connectivity index (χ3v) is 10.4. The van der Waals surface area contributed by atoms with Crippen molar-refractivity contribution in [2.24, 2.45) is 0 Å². The van der Waals surface area contributed by atoms with Crippen LogP contribution in [0.25, 0.3) is 105 Å². The van der Waals surface area contributed by atoms with Crippen LogP contribution in [0, 0.1) is 0 Å². The summed E-state index contributed by atoms with van der Waals surface area (Å²) in [6.45, 7) is 0. The van der Waals surface area contributed by atoms with Gasteiger partial charge in [0.2, 0.25) is 5.95 Å². The molecular weight excluding hydrogens is 635 g/mol. The van der Waals surface area contributed by atoms with E-state index in [1.807, 2.05) is 24.3 Å². The minimum atomic E-state index is 0.663. The summed E-state index contributed by atoms with van der Waals surface area (Å²) in [6, 6.07) is 62.1. The Morgan fingerprint density at radius 2 is 1.00 bits per heavy atom. The minimum Gasteiger partial charge on any atom is -0.456 e. The Bertz CT molecular complexity index is 3170. The molecule has 0 aliphatic carbocycles. The quantitative estimate of drug-likeness (QED) is 0.188. The smallest absolute Gasteiger partial charge is 0.235 e. The molecule has 0 aliphatic heterocycles. The van der Waals surface area contributed by atoms with Gasteiger partial charge in [0.15, 0.2) is 0 Å². The van der Waals surface area contributed by atoms with Gasteiger partial charge < -0.3 is 4.42 Å². The Balaban J connectivity index is 1.06. The van der Waals surface area contributed by atoms with Crippen molar-refractivity contribution < 1.29 is 4.42 Å². The molecule has 0 atom stereocenters. The van der Waals surface area contributed by atoms with Crippen molar-refractivity contribution >= 4 is 65.4 Å². The molecule has 0 amide bonds. The molecule has 11 aromatic rings. The predicted octanol–water partition coefficient (Wildman–Crippen LogP) is 12.8. The molecule has 0 radical (unpaired) electrons. The Morgan fingerprint density at radius 1 is 0.385 bits per heavy atom. The van der Waals surface area contributed by atoms with Crippen LogP contribution in [0.15, 0.2) is 180 Å². The van der Waals surface area contributed by atoms with Crippen LogP contribution in [-0.4, -0.2) is 14.5 Å². The van der Waals surface area contributed by atoms with E-state index in [1.165, 1.54) is 43.8 Å². The zero-order chi connectivity index (χ0) is 34.2. The Morgan fingerprint density at radius 3 is 1.83 bits per heavy atom. The molecule has 0 saturated heterocycles. The summed E-state index contributed by atoms with van der Waals surface area (Å²) < 4.78 is 8.30. The maximum absolute atomic E-state index is 6.07. The molecule has 4 nitrogen and oxygen atoms in total. The van der Waals surface area contributed by atoms with Crippen molar-refractivity contribution in [3.05, 3.63) is 176 Å². The maximum Gasteiger partial charge on any atom is 0.235 e. The second-order valence-corrected chi connectivity index (χ2v) is 13.4. The van der Waals surface area contributed by atoms with Crippen molar-refractivity contribution in [1.82, 2.24) is 14.5 Å². The topological polar surface area (TPSA) is 43.9 Å². The summed E-state index contributed by atoms with van der Waals surface area (Å²) in [5, 5.41) is 8.09. The molecule has 242 valence electrons.